The fourth-order valence-electron chi connectivity index (χ4n) is 2.29. The Morgan fingerprint density at radius 3 is 2.74 bits per heavy atom. The standard InChI is InChI=1S/C17H15ClN2O3/c1-11-7-13(20(2)19-11)10-22-17-5-3-12(8-15(17)18)16-6-4-14(9-21)23-16/h3-9H,10H2,1-2H3. The molecule has 23 heavy (non-hydrogen) atoms. The van der Waals surface area contributed by atoms with Crippen LogP contribution in [0.5, 0.6) is 5.75 Å². The molecule has 3 aromatic rings. The second-order valence-corrected chi connectivity index (χ2v) is 5.56. The molecule has 0 bridgehead atoms. The van der Waals surface area contributed by atoms with Gasteiger partial charge in [0, 0.05) is 12.6 Å². The van der Waals surface area contributed by atoms with E-state index in [1.165, 1.54) is 0 Å². The van der Waals surface area contributed by atoms with Crippen LogP contribution in [0.4, 0.5) is 0 Å². The Kier molecular flexibility index (Phi) is 4.21. The van der Waals surface area contributed by atoms with Gasteiger partial charge in [0.05, 0.1) is 16.4 Å². The summed E-state index contributed by atoms with van der Waals surface area (Å²) in [6, 6.07) is 10.7. The Hall–Kier alpha value is -2.53. The molecule has 0 spiro atoms. The first kappa shape index (κ1) is 15.4. The molecule has 2 aromatic heterocycles. The third-order valence-corrected chi connectivity index (χ3v) is 3.73. The minimum Gasteiger partial charge on any atom is -0.486 e. The summed E-state index contributed by atoms with van der Waals surface area (Å²) in [6.07, 6.45) is 0.665. The number of hydrogen-bond donors (Lipinski definition) is 0. The van der Waals surface area contributed by atoms with Gasteiger partial charge in [-0.05, 0) is 43.3 Å². The molecule has 0 aliphatic rings. The maximum Gasteiger partial charge on any atom is 0.185 e. The van der Waals surface area contributed by atoms with E-state index in [1.54, 1.807) is 28.9 Å². The molecule has 118 valence electrons. The third-order valence-electron chi connectivity index (χ3n) is 3.43. The molecule has 6 heteroatoms. The van der Waals surface area contributed by atoms with Crippen LogP contribution in [0.2, 0.25) is 5.02 Å². The van der Waals surface area contributed by atoms with Crippen LogP contribution in [-0.2, 0) is 13.7 Å². The predicted octanol–water partition coefficient (Wildman–Crippen LogP) is 4.03. The monoisotopic (exact) mass is 330 g/mol. The van der Waals surface area contributed by atoms with Crippen LogP contribution >= 0.6 is 11.6 Å². The van der Waals surface area contributed by atoms with Crippen LogP contribution < -0.4 is 4.74 Å². The predicted molar refractivity (Wildman–Crippen MR) is 86.8 cm³/mol. The number of halogens is 1. The molecule has 0 amide bonds. The van der Waals surface area contributed by atoms with E-state index in [-0.39, 0.29) is 5.76 Å². The van der Waals surface area contributed by atoms with Gasteiger partial charge in [-0.1, -0.05) is 11.6 Å². The van der Waals surface area contributed by atoms with Crippen molar-refractivity contribution in [3.63, 3.8) is 0 Å². The summed E-state index contributed by atoms with van der Waals surface area (Å²) in [7, 11) is 1.87. The lowest BCUT2D eigenvalue weighted by Gasteiger charge is -2.09. The lowest BCUT2D eigenvalue weighted by molar-refractivity contribution is 0.110. The fraction of sp³-hybridized carbons (Fsp3) is 0.176. The van der Waals surface area contributed by atoms with Crippen molar-refractivity contribution in [2.45, 2.75) is 13.5 Å². The van der Waals surface area contributed by atoms with Gasteiger partial charge in [0.15, 0.2) is 12.0 Å². The van der Waals surface area contributed by atoms with E-state index >= 15 is 0 Å². The average Bonchev–Trinajstić information content (AvgIpc) is 3.12. The molecule has 0 unspecified atom stereocenters. The van der Waals surface area contributed by atoms with Crippen molar-refractivity contribution < 1.29 is 13.9 Å². The van der Waals surface area contributed by atoms with Gasteiger partial charge in [0.2, 0.25) is 0 Å². The minimum absolute atomic E-state index is 0.281. The minimum atomic E-state index is 0.281. The van der Waals surface area contributed by atoms with Gasteiger partial charge in [0.1, 0.15) is 18.1 Å². The molecule has 0 saturated heterocycles. The van der Waals surface area contributed by atoms with Crippen LogP contribution in [0.1, 0.15) is 21.9 Å². The molecule has 0 atom stereocenters. The van der Waals surface area contributed by atoms with Crippen LogP contribution in [-0.4, -0.2) is 16.1 Å². The molecule has 0 radical (unpaired) electrons. The number of carbonyl (C=O) groups excluding carboxylic acids is 1. The molecule has 5 nitrogen and oxygen atoms in total. The molecule has 1 aromatic carbocycles. The van der Waals surface area contributed by atoms with E-state index in [0.29, 0.717) is 29.4 Å². The maximum atomic E-state index is 10.7. The molecule has 0 aliphatic heterocycles. The van der Waals surface area contributed by atoms with Crippen molar-refractivity contribution in [3.8, 4) is 17.1 Å². The number of aldehydes is 1. The summed E-state index contributed by atoms with van der Waals surface area (Å²) >= 11 is 6.27. The number of furan rings is 1. The van der Waals surface area contributed by atoms with Gasteiger partial charge < -0.3 is 9.15 Å². The lowest BCUT2D eigenvalue weighted by atomic mass is 10.1. The number of hydrogen-bond acceptors (Lipinski definition) is 4. The van der Waals surface area contributed by atoms with Gasteiger partial charge >= 0.3 is 0 Å². The highest BCUT2D eigenvalue weighted by atomic mass is 35.5. The van der Waals surface area contributed by atoms with Crippen molar-refractivity contribution in [1.82, 2.24) is 9.78 Å². The number of aromatic nitrogens is 2. The number of ether oxygens (including phenoxy) is 1. The van der Waals surface area contributed by atoms with E-state index in [4.69, 9.17) is 20.8 Å². The van der Waals surface area contributed by atoms with E-state index in [0.717, 1.165) is 17.0 Å². The zero-order valence-electron chi connectivity index (χ0n) is 12.7. The van der Waals surface area contributed by atoms with Crippen molar-refractivity contribution in [1.29, 1.82) is 0 Å². The molecule has 0 aliphatic carbocycles. The molecule has 0 saturated carbocycles. The van der Waals surface area contributed by atoms with Crippen LogP contribution in [0, 0.1) is 6.92 Å². The smallest absolute Gasteiger partial charge is 0.185 e. The first-order valence-electron chi connectivity index (χ1n) is 7.04. The summed E-state index contributed by atoms with van der Waals surface area (Å²) < 4.78 is 12.9. The topological polar surface area (TPSA) is 57.3 Å². The van der Waals surface area contributed by atoms with Gasteiger partial charge in [-0.15, -0.1) is 0 Å². The van der Waals surface area contributed by atoms with Crippen LogP contribution in [0.3, 0.4) is 0 Å². The SMILES string of the molecule is Cc1cc(COc2ccc(-c3ccc(C=O)o3)cc2Cl)n(C)n1. The maximum absolute atomic E-state index is 10.7. The normalized spacial score (nSPS) is 10.7. The Bertz CT molecular complexity index is 851. The number of aryl methyl sites for hydroxylation is 2. The number of nitrogens with zero attached hydrogens (tertiary/aromatic N) is 2. The number of rotatable bonds is 5. The zero-order valence-corrected chi connectivity index (χ0v) is 13.5. The van der Waals surface area contributed by atoms with Gasteiger partial charge in [-0.3, -0.25) is 9.48 Å². The summed E-state index contributed by atoms with van der Waals surface area (Å²) in [4.78, 5) is 10.7. The van der Waals surface area contributed by atoms with E-state index in [1.807, 2.05) is 26.1 Å². The highest BCUT2D eigenvalue weighted by molar-refractivity contribution is 6.32. The molecule has 3 rings (SSSR count). The zero-order chi connectivity index (χ0) is 16.4. The van der Waals surface area contributed by atoms with E-state index < -0.39 is 0 Å². The number of benzene rings is 1. The highest BCUT2D eigenvalue weighted by Gasteiger charge is 2.10. The van der Waals surface area contributed by atoms with Gasteiger partial charge in [-0.25, -0.2) is 0 Å². The Morgan fingerprint density at radius 2 is 2.13 bits per heavy atom. The molecule has 0 N–H and O–H groups in total. The molecular weight excluding hydrogens is 316 g/mol. The molecule has 0 fully saturated rings. The largest absolute Gasteiger partial charge is 0.486 e. The quantitative estimate of drug-likeness (QED) is 0.663. The molecular formula is C17H15ClN2O3. The Balaban J connectivity index is 1.76. The van der Waals surface area contributed by atoms with Gasteiger partial charge in [0.25, 0.3) is 0 Å². The summed E-state index contributed by atoms with van der Waals surface area (Å²) in [5, 5.41) is 4.75. The van der Waals surface area contributed by atoms with Crippen molar-refractivity contribution in [2.24, 2.45) is 7.05 Å². The second-order valence-electron chi connectivity index (χ2n) is 5.15. The highest BCUT2D eigenvalue weighted by Crippen LogP contribution is 2.31. The first-order valence-corrected chi connectivity index (χ1v) is 7.42. The van der Waals surface area contributed by atoms with Gasteiger partial charge in [-0.2, -0.15) is 5.10 Å². The summed E-state index contributed by atoms with van der Waals surface area (Å²) in [6.45, 7) is 2.31. The molecule has 2 heterocycles. The summed E-state index contributed by atoms with van der Waals surface area (Å²) in [5.74, 6) is 1.45. The average molecular weight is 331 g/mol. The van der Waals surface area contributed by atoms with Crippen molar-refractivity contribution in [3.05, 3.63) is 58.6 Å². The van der Waals surface area contributed by atoms with E-state index in [9.17, 15) is 4.79 Å². The Morgan fingerprint density at radius 1 is 1.30 bits per heavy atom. The van der Waals surface area contributed by atoms with Crippen molar-refractivity contribution >= 4 is 17.9 Å². The Labute approximate surface area is 138 Å². The van der Waals surface area contributed by atoms with E-state index in [2.05, 4.69) is 5.10 Å². The third kappa shape index (κ3) is 3.29. The number of carbonyl (C=O) groups is 1. The van der Waals surface area contributed by atoms with Crippen LogP contribution in [0.15, 0.2) is 40.8 Å². The van der Waals surface area contributed by atoms with Crippen LogP contribution in [0.25, 0.3) is 11.3 Å². The first-order chi connectivity index (χ1) is 11.1. The van der Waals surface area contributed by atoms with Crippen molar-refractivity contribution in [2.75, 3.05) is 0 Å². The second kappa shape index (κ2) is 6.30. The summed E-state index contributed by atoms with van der Waals surface area (Å²) in [5.41, 5.74) is 2.69. The lowest BCUT2D eigenvalue weighted by Crippen LogP contribution is -2.03. The fourth-order valence-corrected chi connectivity index (χ4v) is 2.53.